The summed E-state index contributed by atoms with van der Waals surface area (Å²) < 4.78 is 4.77. The first kappa shape index (κ1) is 14.4. The predicted octanol–water partition coefficient (Wildman–Crippen LogP) is 0.819. The summed E-state index contributed by atoms with van der Waals surface area (Å²) in [5.41, 5.74) is 0.782. The first-order chi connectivity index (χ1) is 9.61. The Bertz CT molecular complexity index is 478. The molecule has 6 nitrogen and oxygen atoms in total. The molecule has 0 saturated carbocycles. The number of esters is 1. The lowest BCUT2D eigenvalue weighted by atomic mass is 9.93. The third-order valence-electron chi connectivity index (χ3n) is 3.71. The van der Waals surface area contributed by atoms with Gasteiger partial charge in [0.05, 0.1) is 19.4 Å². The molecule has 1 fully saturated rings. The van der Waals surface area contributed by atoms with Crippen molar-refractivity contribution in [2.45, 2.75) is 32.2 Å². The van der Waals surface area contributed by atoms with Gasteiger partial charge < -0.3 is 9.64 Å². The fourth-order valence-electron chi connectivity index (χ4n) is 2.51. The van der Waals surface area contributed by atoms with E-state index < -0.39 is 0 Å². The monoisotopic (exact) mass is 277 g/mol. The summed E-state index contributed by atoms with van der Waals surface area (Å²) >= 11 is 0. The molecule has 20 heavy (non-hydrogen) atoms. The zero-order chi connectivity index (χ0) is 14.5. The Labute approximate surface area is 118 Å². The van der Waals surface area contributed by atoms with Crippen LogP contribution in [0.4, 0.5) is 0 Å². The second kappa shape index (κ2) is 6.45. The Balaban J connectivity index is 2.01. The van der Waals surface area contributed by atoms with E-state index in [0.717, 1.165) is 18.4 Å². The molecule has 0 bridgehead atoms. The summed E-state index contributed by atoms with van der Waals surface area (Å²) in [5, 5.41) is 0. The maximum absolute atomic E-state index is 12.4. The van der Waals surface area contributed by atoms with Crippen LogP contribution in [-0.2, 0) is 20.7 Å². The van der Waals surface area contributed by atoms with Crippen LogP contribution in [0.15, 0.2) is 18.7 Å². The van der Waals surface area contributed by atoms with E-state index in [1.165, 1.54) is 13.4 Å². The number of hydrogen-bond donors (Lipinski definition) is 0. The van der Waals surface area contributed by atoms with E-state index >= 15 is 0 Å². The summed E-state index contributed by atoms with van der Waals surface area (Å²) in [7, 11) is 1.38. The van der Waals surface area contributed by atoms with E-state index in [4.69, 9.17) is 4.74 Å². The van der Waals surface area contributed by atoms with E-state index in [2.05, 4.69) is 9.97 Å². The van der Waals surface area contributed by atoms with Gasteiger partial charge in [0.1, 0.15) is 6.33 Å². The lowest BCUT2D eigenvalue weighted by molar-refractivity contribution is -0.150. The number of ether oxygens (including phenoxy) is 1. The Morgan fingerprint density at radius 2 is 2.05 bits per heavy atom. The fourth-order valence-corrected chi connectivity index (χ4v) is 2.51. The van der Waals surface area contributed by atoms with Crippen molar-refractivity contribution in [3.05, 3.63) is 24.3 Å². The van der Waals surface area contributed by atoms with E-state index in [9.17, 15) is 9.59 Å². The first-order valence-corrected chi connectivity index (χ1v) is 6.73. The number of carbonyl (C=O) groups is 2. The lowest BCUT2D eigenvalue weighted by Crippen LogP contribution is -2.48. The van der Waals surface area contributed by atoms with Gasteiger partial charge in [-0.1, -0.05) is 0 Å². The molecule has 0 spiro atoms. The SMILES string of the molecule is COC(=O)[C@@H]1CC[C@H](C)N(C(=O)Cc2cncnc2)C1. The molecule has 1 aromatic rings. The van der Waals surface area contributed by atoms with E-state index in [-0.39, 0.29) is 30.3 Å². The molecular weight excluding hydrogens is 258 g/mol. The summed E-state index contributed by atoms with van der Waals surface area (Å²) in [6.45, 7) is 2.44. The van der Waals surface area contributed by atoms with Crippen molar-refractivity contribution < 1.29 is 14.3 Å². The predicted molar refractivity (Wildman–Crippen MR) is 71.7 cm³/mol. The maximum atomic E-state index is 12.4. The van der Waals surface area contributed by atoms with E-state index in [1.807, 2.05) is 6.92 Å². The molecule has 2 rings (SSSR count). The van der Waals surface area contributed by atoms with Crippen LogP contribution in [0.2, 0.25) is 0 Å². The van der Waals surface area contributed by atoms with Crippen molar-refractivity contribution in [1.82, 2.24) is 14.9 Å². The molecule has 6 heteroatoms. The number of hydrogen-bond acceptors (Lipinski definition) is 5. The highest BCUT2D eigenvalue weighted by Gasteiger charge is 2.32. The number of rotatable bonds is 3. The van der Waals surface area contributed by atoms with Crippen molar-refractivity contribution in [2.75, 3.05) is 13.7 Å². The van der Waals surface area contributed by atoms with Crippen molar-refractivity contribution >= 4 is 11.9 Å². The Kier molecular flexibility index (Phi) is 4.65. The van der Waals surface area contributed by atoms with Crippen LogP contribution in [-0.4, -0.2) is 46.4 Å². The van der Waals surface area contributed by atoms with E-state index in [1.54, 1.807) is 17.3 Å². The Hall–Kier alpha value is -1.98. The van der Waals surface area contributed by atoms with Crippen LogP contribution in [0.1, 0.15) is 25.3 Å². The zero-order valence-electron chi connectivity index (χ0n) is 11.8. The summed E-state index contributed by atoms with van der Waals surface area (Å²) in [6.07, 6.45) is 6.56. The first-order valence-electron chi connectivity index (χ1n) is 6.73. The van der Waals surface area contributed by atoms with Gasteiger partial charge in [0.2, 0.25) is 5.91 Å². The van der Waals surface area contributed by atoms with Crippen LogP contribution in [0.5, 0.6) is 0 Å². The highest BCUT2D eigenvalue weighted by Crippen LogP contribution is 2.23. The second-order valence-corrected chi connectivity index (χ2v) is 5.12. The average Bonchev–Trinajstić information content (AvgIpc) is 2.48. The standard InChI is InChI=1S/C14H19N3O3/c1-10-3-4-12(14(19)20-2)8-17(10)13(18)5-11-6-15-9-16-7-11/h6-7,9-10,12H,3-5,8H2,1-2H3/t10-,12+/m0/s1. The summed E-state index contributed by atoms with van der Waals surface area (Å²) in [4.78, 5) is 33.5. The van der Waals surface area contributed by atoms with Gasteiger partial charge in [-0.25, -0.2) is 9.97 Å². The van der Waals surface area contributed by atoms with Crippen molar-refractivity contribution in [1.29, 1.82) is 0 Å². The quantitative estimate of drug-likeness (QED) is 0.765. The topological polar surface area (TPSA) is 72.4 Å². The van der Waals surface area contributed by atoms with Crippen molar-refractivity contribution in [2.24, 2.45) is 5.92 Å². The number of nitrogens with zero attached hydrogens (tertiary/aromatic N) is 3. The minimum atomic E-state index is -0.238. The van der Waals surface area contributed by atoms with Gasteiger partial charge >= 0.3 is 5.97 Å². The number of methoxy groups -OCH3 is 1. The molecule has 1 saturated heterocycles. The van der Waals surface area contributed by atoms with Gasteiger partial charge in [0.15, 0.2) is 0 Å². The molecule has 1 aliphatic heterocycles. The average molecular weight is 277 g/mol. The molecule has 2 heterocycles. The molecule has 1 amide bonds. The second-order valence-electron chi connectivity index (χ2n) is 5.12. The summed E-state index contributed by atoms with van der Waals surface area (Å²) in [5.74, 6) is -0.453. The van der Waals surface area contributed by atoms with Crippen LogP contribution in [0, 0.1) is 5.92 Å². The third-order valence-corrected chi connectivity index (χ3v) is 3.71. The van der Waals surface area contributed by atoms with Gasteiger partial charge in [0, 0.05) is 25.0 Å². The van der Waals surface area contributed by atoms with E-state index in [0.29, 0.717) is 6.54 Å². The smallest absolute Gasteiger partial charge is 0.310 e. The number of piperidine rings is 1. The van der Waals surface area contributed by atoms with Crippen LogP contribution in [0.3, 0.4) is 0 Å². The number of amides is 1. The number of carbonyl (C=O) groups excluding carboxylic acids is 2. The van der Waals surface area contributed by atoms with Gasteiger partial charge in [0.25, 0.3) is 0 Å². The van der Waals surface area contributed by atoms with Gasteiger partial charge in [-0.15, -0.1) is 0 Å². The molecule has 1 aromatic heterocycles. The third kappa shape index (κ3) is 3.31. The largest absolute Gasteiger partial charge is 0.469 e. The molecule has 0 N–H and O–H groups in total. The highest BCUT2D eigenvalue weighted by molar-refractivity contribution is 5.80. The minimum absolute atomic E-state index is 0.000836. The van der Waals surface area contributed by atoms with Gasteiger partial charge in [-0.05, 0) is 25.3 Å². The lowest BCUT2D eigenvalue weighted by Gasteiger charge is -2.37. The Morgan fingerprint density at radius 1 is 1.35 bits per heavy atom. The minimum Gasteiger partial charge on any atom is -0.469 e. The molecule has 1 aliphatic rings. The fraction of sp³-hybridized carbons (Fsp3) is 0.571. The molecule has 0 aromatic carbocycles. The molecule has 0 unspecified atom stereocenters. The highest BCUT2D eigenvalue weighted by atomic mass is 16.5. The van der Waals surface area contributed by atoms with Crippen molar-refractivity contribution in [3.8, 4) is 0 Å². The van der Waals surface area contributed by atoms with Gasteiger partial charge in [-0.2, -0.15) is 0 Å². The number of aromatic nitrogens is 2. The molecule has 2 atom stereocenters. The zero-order valence-corrected chi connectivity index (χ0v) is 11.8. The number of likely N-dealkylation sites (tertiary alicyclic amines) is 1. The Morgan fingerprint density at radius 3 is 2.70 bits per heavy atom. The summed E-state index contributed by atoms with van der Waals surface area (Å²) in [6, 6.07) is 0.146. The van der Waals surface area contributed by atoms with Crippen LogP contribution < -0.4 is 0 Å². The van der Waals surface area contributed by atoms with Crippen molar-refractivity contribution in [3.63, 3.8) is 0 Å². The van der Waals surface area contributed by atoms with Crippen LogP contribution >= 0.6 is 0 Å². The normalized spacial score (nSPS) is 22.4. The molecular formula is C14H19N3O3. The maximum Gasteiger partial charge on any atom is 0.310 e. The van der Waals surface area contributed by atoms with Gasteiger partial charge in [-0.3, -0.25) is 9.59 Å². The molecule has 0 aliphatic carbocycles. The van der Waals surface area contributed by atoms with Crippen LogP contribution in [0.25, 0.3) is 0 Å². The molecule has 0 radical (unpaired) electrons. The molecule has 108 valence electrons.